The second-order valence-electron chi connectivity index (χ2n) is 16.2. The van der Waals surface area contributed by atoms with Crippen molar-refractivity contribution in [3.63, 3.8) is 0 Å². The molecule has 2 aliphatic rings. The van der Waals surface area contributed by atoms with E-state index in [0.29, 0.717) is 74.5 Å². The number of fused-ring (bicyclic) bond motifs is 7. The molecule has 3 aromatic rings. The molecule has 6 bridgehead atoms. The summed E-state index contributed by atoms with van der Waals surface area (Å²) in [6.45, 7) is 9.53. The number of carboxylic acid groups (broad SMARTS) is 2. The van der Waals surface area contributed by atoms with Crippen LogP contribution in [0.15, 0.2) is 36.7 Å². The fraction of sp³-hybridized carbons (Fsp3) is 0.490. The maximum Gasteiger partial charge on any atom is 3.00 e. The molecule has 1 radical (unpaired) electrons. The maximum absolute atomic E-state index is 13.0. The van der Waals surface area contributed by atoms with Gasteiger partial charge in [-0.3, -0.25) is 14.8 Å². The van der Waals surface area contributed by atoms with Gasteiger partial charge in [0.2, 0.25) is 0 Å². The van der Waals surface area contributed by atoms with E-state index in [1.54, 1.807) is 31.6 Å². The van der Waals surface area contributed by atoms with Crippen molar-refractivity contribution in [3.8, 4) is 11.5 Å². The third-order valence-corrected chi connectivity index (χ3v) is 11.3. The number of aliphatic hydroxyl groups excluding tert-OH is 2. The Morgan fingerprint density at radius 1 is 0.671 bits per heavy atom. The van der Waals surface area contributed by atoms with Crippen LogP contribution in [0.25, 0.3) is 44.4 Å². The van der Waals surface area contributed by atoms with E-state index in [0.717, 1.165) is 68.7 Å². The Balaban J connectivity index is 0. The number of allylic oxidation sites excluding steroid dienone is 4. The molecule has 9 N–H and O–H groups in total. The molecule has 79 heavy (non-hydrogen) atoms. The van der Waals surface area contributed by atoms with Crippen molar-refractivity contribution >= 4 is 62.2 Å². The van der Waals surface area contributed by atoms with E-state index in [1.165, 1.54) is 0 Å². The normalized spacial score (nSPS) is 11.2. The number of benzene rings is 1. The van der Waals surface area contributed by atoms with Crippen LogP contribution in [0.1, 0.15) is 100 Å². The van der Waals surface area contributed by atoms with Gasteiger partial charge in [0.1, 0.15) is 6.61 Å². The smallest absolute Gasteiger partial charge is 0.657 e. The third kappa shape index (κ3) is 25.1. The van der Waals surface area contributed by atoms with Crippen LogP contribution in [0.5, 0.6) is 11.5 Å². The van der Waals surface area contributed by atoms with Gasteiger partial charge in [-0.25, -0.2) is 9.97 Å². The zero-order valence-electron chi connectivity index (χ0n) is 44.4. The number of aliphatic hydroxyl groups is 2. The minimum atomic E-state index is -1.80. The number of carboxylic acids is 2. The summed E-state index contributed by atoms with van der Waals surface area (Å²) in [6.07, 6.45) is 6.77. The Morgan fingerprint density at radius 3 is 1.49 bits per heavy atom. The second-order valence-corrected chi connectivity index (χ2v) is 16.2. The molecule has 5 rings (SSSR count). The van der Waals surface area contributed by atoms with Gasteiger partial charge >= 0.3 is 61.0 Å². The van der Waals surface area contributed by atoms with Crippen LogP contribution in [0.4, 0.5) is 0 Å². The monoisotopic (exact) mass is 1440 g/mol. The van der Waals surface area contributed by atoms with Crippen molar-refractivity contribution in [1.82, 2.24) is 42.5 Å². The number of hydrogen-bond donors (Lipinski definition) is 5. The Morgan fingerprint density at radius 2 is 1.09 bits per heavy atom. The first kappa shape index (κ1) is 75.4. The number of rotatable bonds is 27. The first-order valence-corrected chi connectivity index (χ1v) is 23.8. The summed E-state index contributed by atoms with van der Waals surface area (Å²) in [5.41, 5.74) is 11.0. The van der Waals surface area contributed by atoms with Crippen LogP contribution in [0.3, 0.4) is 0 Å². The topological polar surface area (TPSA) is 464 Å². The molecule has 439 valence electrons. The predicted octanol–water partition coefficient (Wildman–Crippen LogP) is 2.79. The van der Waals surface area contributed by atoms with Gasteiger partial charge in [0, 0.05) is 44.9 Å². The summed E-state index contributed by atoms with van der Waals surface area (Å²) in [6, 6.07) is 7.26. The number of nitrogens with zero attached hydrogens (tertiary/aromatic N) is 7. The molecular formula is C49H67GdN10O18Pt. The number of ether oxygens (including phenoxy) is 5. The molecule has 2 aromatic heterocycles. The van der Waals surface area contributed by atoms with Crippen LogP contribution in [0, 0.1) is 76.5 Å². The summed E-state index contributed by atoms with van der Waals surface area (Å²) in [4.78, 5) is 76.9. The van der Waals surface area contributed by atoms with E-state index in [2.05, 4.69) is 19.2 Å². The Hall–Kier alpha value is -5.72. The van der Waals surface area contributed by atoms with E-state index in [4.69, 9.17) is 79.2 Å². The van der Waals surface area contributed by atoms with Crippen molar-refractivity contribution in [2.24, 2.45) is 5.92 Å². The first-order chi connectivity index (χ1) is 35.9. The standard InChI is InChI=1S/C49H64N6O12.Gd.2NO3.2H3N.Pt/c1-6-32-33(7-2)38-24-40-35(13-10-16-57)31(4)44(55-40)28-52-42-26-46(67-29-47(58)50-14-8-11-36(48(59)60)49(61)62)45(66-22-21-65-20-19-64-18-17-63-5)25-41(42)51-27-43-30(3)34(12-9-15-56)39(54-43)23-37(32)53-38;;2*2-1(3)4;;;/h23-28,36,56-57H,6-22,29H2,1-5H3,(H4,50,51,52,53,54,55,58,59,60,61,62);;;;2*1H3;/q;+3;2*-1;;;+2/p-3. The van der Waals surface area contributed by atoms with Gasteiger partial charge in [0.05, 0.1) is 101 Å². The van der Waals surface area contributed by atoms with Crippen LogP contribution < -0.4 is 42.3 Å². The number of hydrogen-bond acceptors (Lipinski definition) is 24. The quantitative estimate of drug-likeness (QED) is 0.0317. The average molecular weight is 1440 g/mol. The number of carbonyl (C=O) groups excluding carboxylic acids is 3. The molecule has 0 spiro atoms. The number of carbonyl (C=O) groups is 3. The first-order valence-electron chi connectivity index (χ1n) is 23.8. The number of aliphatic carboxylic acids is 2. The largest absolute Gasteiger partial charge is 3.00 e. The van der Waals surface area contributed by atoms with E-state index in [1.807, 2.05) is 26.0 Å². The van der Waals surface area contributed by atoms with Gasteiger partial charge < -0.3 is 107 Å². The van der Waals surface area contributed by atoms with Gasteiger partial charge in [0.15, 0.2) is 18.1 Å². The van der Waals surface area contributed by atoms with Gasteiger partial charge in [-0.1, -0.05) is 37.1 Å². The molecule has 0 unspecified atom stereocenters. The van der Waals surface area contributed by atoms with Crippen molar-refractivity contribution in [2.45, 2.75) is 79.1 Å². The van der Waals surface area contributed by atoms with E-state index in [-0.39, 0.29) is 131 Å². The summed E-state index contributed by atoms with van der Waals surface area (Å²) in [7, 11) is 1.59. The van der Waals surface area contributed by atoms with Crippen molar-refractivity contribution in [3.05, 3.63) is 101 Å². The number of amides is 1. The van der Waals surface area contributed by atoms with Gasteiger partial charge in [0.25, 0.3) is 5.91 Å². The molecule has 0 atom stereocenters. The predicted molar refractivity (Wildman–Crippen MR) is 277 cm³/mol. The zero-order valence-corrected chi connectivity index (χ0v) is 49.0. The molecule has 0 fully saturated rings. The van der Waals surface area contributed by atoms with Gasteiger partial charge in [-0.2, -0.15) is 0 Å². The summed E-state index contributed by atoms with van der Waals surface area (Å²) in [5.74, 6) is -5.51. The molecule has 2 aliphatic heterocycles. The van der Waals surface area contributed by atoms with Crippen LogP contribution in [-0.2, 0) is 62.5 Å². The SMILES string of the molecule is CCc1c(CC)c2cc3nc(cnc4cc(OCC(=O)NCCCC(C(=O)[O-])C(=O)[O-])c(OCCOCCOCCOC)cc4ncc4nc(cc1[n-]2)C(CCCO)=C4C)C(C)=C3CCCO.N.N.O=[N+]([O-])[O-].O=[N+]([O-])[O-].[Gd+3].[Pt+2]. The van der Waals surface area contributed by atoms with Crippen LogP contribution in [-0.4, -0.2) is 131 Å². The second kappa shape index (κ2) is 40.5. The Labute approximate surface area is 501 Å². The van der Waals surface area contributed by atoms with E-state index >= 15 is 0 Å². The molecule has 4 heterocycles. The molecule has 1 amide bonds. The molecule has 0 saturated carbocycles. The molecule has 0 aliphatic carbocycles. The number of methoxy groups -OCH3 is 1. The number of aryl methyl sites for hydroxylation is 2. The Bertz CT molecular complexity index is 2700. The average Bonchev–Trinajstić information content (AvgIpc) is 3.96. The summed E-state index contributed by atoms with van der Waals surface area (Å²) in [5, 5.41) is 74.1. The maximum atomic E-state index is 13.0. The molecule has 30 heteroatoms. The van der Waals surface area contributed by atoms with Crippen molar-refractivity contribution < 1.29 is 130 Å². The molecule has 1 aromatic carbocycles. The minimum absolute atomic E-state index is 0. The van der Waals surface area contributed by atoms with E-state index < -0.39 is 40.5 Å². The number of aromatic nitrogens is 5. The molecule has 0 saturated heterocycles. The van der Waals surface area contributed by atoms with E-state index in [9.17, 15) is 34.8 Å². The fourth-order valence-corrected chi connectivity index (χ4v) is 7.72. The molecule has 28 nitrogen and oxygen atoms in total. The van der Waals surface area contributed by atoms with Crippen LogP contribution in [0.2, 0.25) is 0 Å². The van der Waals surface area contributed by atoms with Crippen molar-refractivity contribution in [2.75, 3.05) is 73.1 Å². The zero-order chi connectivity index (χ0) is 55.5. The Kier molecular flexibility index (Phi) is 38.6. The van der Waals surface area contributed by atoms with Crippen molar-refractivity contribution in [1.29, 1.82) is 0 Å². The molecular weight excluding hydrogens is 1370 g/mol. The summed E-state index contributed by atoms with van der Waals surface area (Å²) < 4.78 is 28.4. The van der Waals surface area contributed by atoms with Gasteiger partial charge in [-0.15, -0.1) is 11.0 Å². The van der Waals surface area contributed by atoms with Crippen LogP contribution >= 0.6 is 0 Å². The minimum Gasteiger partial charge on any atom is -0.657 e. The van der Waals surface area contributed by atoms with Gasteiger partial charge in [-0.05, 0) is 87.5 Å². The number of nitrogens with one attached hydrogen (secondary N) is 1. The summed E-state index contributed by atoms with van der Waals surface area (Å²) >= 11 is 0. The third-order valence-electron chi connectivity index (χ3n) is 11.3. The fourth-order valence-electron chi connectivity index (χ4n) is 7.72.